The quantitative estimate of drug-likeness (QED) is 0.501. The van der Waals surface area contributed by atoms with Gasteiger partial charge in [-0.3, -0.25) is 0 Å². The Hall–Kier alpha value is -2.58. The molecule has 0 saturated carbocycles. The zero-order valence-corrected chi connectivity index (χ0v) is 18.6. The van der Waals surface area contributed by atoms with Crippen molar-refractivity contribution in [1.82, 2.24) is 0 Å². The molecule has 2 bridgehead atoms. The number of nitrogens with two attached hydrogens (primary N) is 1. The molecule has 2 heterocycles. The van der Waals surface area contributed by atoms with E-state index in [1.54, 1.807) is 0 Å². The molecule has 3 rings (SSSR count). The molecule has 0 radical (unpaired) electrons. The second-order valence-electron chi connectivity index (χ2n) is 6.99. The molecule has 0 aliphatic carbocycles. The molecule has 2 aromatic heterocycles. The topological polar surface area (TPSA) is 103 Å². The minimum absolute atomic E-state index is 0.111. The summed E-state index contributed by atoms with van der Waals surface area (Å²) in [5.74, 6) is -0.601. The van der Waals surface area contributed by atoms with Gasteiger partial charge >= 0.3 is 5.97 Å². The summed E-state index contributed by atoms with van der Waals surface area (Å²) in [5, 5.41) is 4.89. The number of esters is 1. The highest BCUT2D eigenvalue weighted by Crippen LogP contribution is 2.30. The molecule has 3 aromatic rings. The Bertz CT molecular complexity index is 1020. The van der Waals surface area contributed by atoms with E-state index in [1.807, 2.05) is 6.07 Å². The Morgan fingerprint density at radius 3 is 2.20 bits per heavy atom. The zero-order chi connectivity index (χ0) is 22.1. The van der Waals surface area contributed by atoms with E-state index in [9.17, 15) is 13.2 Å². The summed E-state index contributed by atoms with van der Waals surface area (Å²) in [7, 11) is -2.56. The molecule has 0 saturated heterocycles. The van der Waals surface area contributed by atoms with Crippen LogP contribution in [0.3, 0.4) is 0 Å². The van der Waals surface area contributed by atoms with Crippen molar-refractivity contribution >= 4 is 32.8 Å². The van der Waals surface area contributed by atoms with Crippen LogP contribution in [-0.4, -0.2) is 34.6 Å². The third kappa shape index (κ3) is 6.47. The lowest BCUT2D eigenvalue weighted by Crippen LogP contribution is -2.25. The third-order valence-corrected chi connectivity index (χ3v) is 5.56. The zero-order valence-electron chi connectivity index (χ0n) is 17.8. The molecule has 7 nitrogen and oxygen atoms in total. The first-order valence-corrected chi connectivity index (χ1v) is 11.6. The van der Waals surface area contributed by atoms with Crippen LogP contribution in [0.15, 0.2) is 51.8 Å². The summed E-state index contributed by atoms with van der Waals surface area (Å²) in [6.45, 7) is 6.78. The number of fused-ring (bicyclic) bond motifs is 2. The van der Waals surface area contributed by atoms with Gasteiger partial charge in [-0.15, -0.1) is 0 Å². The van der Waals surface area contributed by atoms with Crippen molar-refractivity contribution in [1.29, 1.82) is 0 Å². The summed E-state index contributed by atoms with van der Waals surface area (Å²) in [4.78, 5) is 13.4. The van der Waals surface area contributed by atoms with Crippen LogP contribution in [0, 0.1) is 0 Å². The Morgan fingerprint density at radius 2 is 1.73 bits per heavy atom. The van der Waals surface area contributed by atoms with Gasteiger partial charge in [-0.05, 0) is 43.2 Å². The molecule has 2 N–H and O–H groups in total. The standard InChI is InChI=1S/C14H21NO.C8H9NO4S/c1-3-5-9-15(10-6-4-2)13-11-12-7-8-14(13)16-12;1-13-8(10)6-3-2-4-7(5-6)14(9,11)12/h7-8,11H,3-6,9-10H2,1-2H3;2-5H,1H3,(H2,9,11,12). The maximum Gasteiger partial charge on any atom is 0.337 e. The lowest BCUT2D eigenvalue weighted by Gasteiger charge is -2.23. The van der Waals surface area contributed by atoms with Gasteiger partial charge in [0.2, 0.25) is 10.0 Å². The van der Waals surface area contributed by atoms with Gasteiger partial charge in [0, 0.05) is 19.2 Å². The van der Waals surface area contributed by atoms with Crippen LogP contribution in [0.5, 0.6) is 0 Å². The number of nitrogens with zero attached hydrogens (tertiary/aromatic N) is 1. The SMILES string of the molecule is CCCCN(CCCC)c1cc2ccc1o2.COC(=O)c1cccc(S(N)(=O)=O)c1. The summed E-state index contributed by atoms with van der Waals surface area (Å²) < 4.78 is 31.9. The van der Waals surface area contributed by atoms with Gasteiger partial charge < -0.3 is 14.1 Å². The monoisotopic (exact) mass is 434 g/mol. The molecule has 0 amide bonds. The van der Waals surface area contributed by atoms with Gasteiger partial charge in [-0.1, -0.05) is 32.8 Å². The lowest BCUT2D eigenvalue weighted by atomic mass is 10.2. The highest BCUT2D eigenvalue weighted by atomic mass is 32.2. The van der Waals surface area contributed by atoms with E-state index in [1.165, 1.54) is 62.7 Å². The molecule has 30 heavy (non-hydrogen) atoms. The molecular formula is C22H30N2O5S. The average molecular weight is 435 g/mol. The van der Waals surface area contributed by atoms with Crippen LogP contribution in [0.2, 0.25) is 0 Å². The van der Waals surface area contributed by atoms with E-state index in [4.69, 9.17) is 9.56 Å². The number of carbonyl (C=O) groups is 1. The minimum Gasteiger partial charge on any atom is -0.465 e. The lowest BCUT2D eigenvalue weighted by molar-refractivity contribution is 0.0600. The van der Waals surface area contributed by atoms with E-state index >= 15 is 0 Å². The first-order chi connectivity index (χ1) is 14.3. The fourth-order valence-corrected chi connectivity index (χ4v) is 3.55. The Kier molecular flexibility index (Phi) is 8.68. The summed E-state index contributed by atoms with van der Waals surface area (Å²) >= 11 is 0. The number of unbranched alkanes of at least 4 members (excludes halogenated alkanes) is 2. The van der Waals surface area contributed by atoms with Crippen molar-refractivity contribution in [3.05, 3.63) is 48.0 Å². The van der Waals surface area contributed by atoms with E-state index < -0.39 is 16.0 Å². The minimum atomic E-state index is -3.77. The number of sulfonamides is 1. The largest absolute Gasteiger partial charge is 0.465 e. The predicted molar refractivity (Wildman–Crippen MR) is 119 cm³/mol. The van der Waals surface area contributed by atoms with Crippen LogP contribution in [0.4, 0.5) is 5.69 Å². The van der Waals surface area contributed by atoms with E-state index in [2.05, 4.69) is 35.6 Å². The second-order valence-corrected chi connectivity index (χ2v) is 8.55. The first-order valence-electron chi connectivity index (χ1n) is 10.1. The number of ether oxygens (including phenoxy) is 1. The number of methoxy groups -OCH3 is 1. The van der Waals surface area contributed by atoms with Gasteiger partial charge in [-0.2, -0.15) is 0 Å². The fourth-order valence-electron chi connectivity index (χ4n) is 2.99. The molecule has 1 aromatic carbocycles. The summed E-state index contributed by atoms with van der Waals surface area (Å²) in [5.41, 5.74) is 3.49. The van der Waals surface area contributed by atoms with E-state index in [-0.39, 0.29) is 10.5 Å². The molecule has 0 aliphatic rings. The molecule has 0 aliphatic heterocycles. The smallest absolute Gasteiger partial charge is 0.337 e. The van der Waals surface area contributed by atoms with E-state index in [0.29, 0.717) is 0 Å². The third-order valence-electron chi connectivity index (χ3n) is 4.65. The number of benzene rings is 2. The average Bonchev–Trinajstić information content (AvgIpc) is 3.37. The van der Waals surface area contributed by atoms with Gasteiger partial charge in [0.15, 0.2) is 5.58 Å². The summed E-state index contributed by atoms with van der Waals surface area (Å²) in [6, 6.07) is 11.6. The number of furan rings is 2. The maximum absolute atomic E-state index is 11.0. The molecule has 164 valence electrons. The normalized spacial score (nSPS) is 11.2. The Balaban J connectivity index is 0.000000216. The van der Waals surface area contributed by atoms with Crippen LogP contribution in [0.1, 0.15) is 49.9 Å². The van der Waals surface area contributed by atoms with Gasteiger partial charge in [0.25, 0.3) is 0 Å². The first kappa shape index (κ1) is 23.7. The Labute approximate surface area is 178 Å². The van der Waals surface area contributed by atoms with Crippen molar-refractivity contribution in [2.75, 3.05) is 25.1 Å². The molecular weight excluding hydrogens is 404 g/mol. The number of anilines is 1. The highest BCUT2D eigenvalue weighted by molar-refractivity contribution is 7.89. The van der Waals surface area contributed by atoms with Gasteiger partial charge in [0.05, 0.1) is 23.3 Å². The van der Waals surface area contributed by atoms with Crippen molar-refractivity contribution in [3.63, 3.8) is 0 Å². The van der Waals surface area contributed by atoms with Crippen molar-refractivity contribution < 1.29 is 22.4 Å². The Morgan fingerprint density at radius 1 is 1.07 bits per heavy atom. The van der Waals surface area contributed by atoms with Crippen molar-refractivity contribution in [3.8, 4) is 0 Å². The van der Waals surface area contributed by atoms with Gasteiger partial charge in [-0.25, -0.2) is 18.4 Å². The van der Waals surface area contributed by atoms with Crippen LogP contribution in [0.25, 0.3) is 11.2 Å². The van der Waals surface area contributed by atoms with Crippen LogP contribution >= 0.6 is 0 Å². The number of hydrogen-bond donors (Lipinski definition) is 1. The predicted octanol–water partition coefficient (Wildman–Crippen LogP) is 4.40. The molecule has 0 unspecified atom stereocenters. The number of carbonyl (C=O) groups excluding carboxylic acids is 1. The van der Waals surface area contributed by atoms with Crippen LogP contribution < -0.4 is 10.0 Å². The molecule has 8 heteroatoms. The highest BCUT2D eigenvalue weighted by Gasteiger charge is 2.13. The molecule has 0 spiro atoms. The number of hydrogen-bond acceptors (Lipinski definition) is 6. The molecule has 0 fully saturated rings. The van der Waals surface area contributed by atoms with Crippen molar-refractivity contribution in [2.24, 2.45) is 5.14 Å². The van der Waals surface area contributed by atoms with E-state index in [0.717, 1.165) is 24.3 Å². The number of primary sulfonamides is 1. The fraction of sp³-hybridized carbons (Fsp3) is 0.409. The number of rotatable bonds is 9. The van der Waals surface area contributed by atoms with Crippen LogP contribution in [-0.2, 0) is 14.8 Å². The second kappa shape index (κ2) is 11.0. The maximum atomic E-state index is 11.0. The van der Waals surface area contributed by atoms with Gasteiger partial charge in [0.1, 0.15) is 5.58 Å². The summed E-state index contributed by atoms with van der Waals surface area (Å²) in [6.07, 6.45) is 5.01. The molecule has 0 atom stereocenters. The van der Waals surface area contributed by atoms with Crippen molar-refractivity contribution in [2.45, 2.75) is 44.4 Å².